The molecule has 0 bridgehead atoms. The second-order valence-electron chi connectivity index (χ2n) is 6.92. The molecule has 0 aliphatic heterocycles. The molecule has 29 heavy (non-hydrogen) atoms. The average molecular weight is 391 g/mol. The van der Waals surface area contributed by atoms with Gasteiger partial charge >= 0.3 is 5.97 Å². The third-order valence-electron chi connectivity index (χ3n) is 4.75. The molecule has 0 saturated heterocycles. The predicted molar refractivity (Wildman–Crippen MR) is 114 cm³/mol. The van der Waals surface area contributed by atoms with Crippen LogP contribution in [-0.2, 0) is 27.3 Å². The number of hydrogen-bond acceptors (Lipinski definition) is 4. The van der Waals surface area contributed by atoms with Gasteiger partial charge in [0.1, 0.15) is 6.54 Å². The Hall–Kier alpha value is -3.41. The first-order valence-electron chi connectivity index (χ1n) is 9.59. The Bertz CT molecular complexity index is 1070. The number of nitrogens with zero attached hydrogens (tertiary/aromatic N) is 2. The van der Waals surface area contributed by atoms with E-state index < -0.39 is 0 Å². The highest BCUT2D eigenvalue weighted by Crippen LogP contribution is 2.20. The van der Waals surface area contributed by atoms with Crippen LogP contribution in [-0.4, -0.2) is 29.3 Å². The molecule has 0 saturated carbocycles. The monoisotopic (exact) mass is 391 g/mol. The van der Waals surface area contributed by atoms with Crippen LogP contribution < -0.4 is 5.43 Å². The Morgan fingerprint density at radius 3 is 2.69 bits per heavy atom. The molecule has 0 unspecified atom stereocenters. The zero-order valence-electron chi connectivity index (χ0n) is 16.9. The number of nitrogens with one attached hydrogen (secondary N) is 1. The van der Waals surface area contributed by atoms with Gasteiger partial charge in [-0.15, -0.1) is 0 Å². The maximum atomic E-state index is 12.2. The van der Waals surface area contributed by atoms with Gasteiger partial charge in [-0.3, -0.25) is 9.59 Å². The molecule has 0 spiro atoms. The Labute approximate surface area is 170 Å². The maximum Gasteiger partial charge on any atom is 0.325 e. The summed E-state index contributed by atoms with van der Waals surface area (Å²) < 4.78 is 6.86. The van der Waals surface area contributed by atoms with Gasteiger partial charge in [-0.25, -0.2) is 5.43 Å². The molecule has 3 aromatic rings. The van der Waals surface area contributed by atoms with Crippen molar-refractivity contribution in [2.24, 2.45) is 5.10 Å². The summed E-state index contributed by atoms with van der Waals surface area (Å²) in [5.41, 5.74) is 7.61. The second-order valence-corrected chi connectivity index (χ2v) is 6.92. The van der Waals surface area contributed by atoms with E-state index in [2.05, 4.69) is 10.5 Å². The normalized spacial score (nSPS) is 11.1. The molecular formula is C23H25N3O3. The molecule has 1 amide bonds. The molecule has 0 aliphatic rings. The maximum absolute atomic E-state index is 12.2. The number of hydrogen-bond donors (Lipinski definition) is 1. The summed E-state index contributed by atoms with van der Waals surface area (Å²) in [5.74, 6) is -0.474. The number of fused-ring (bicyclic) bond motifs is 1. The van der Waals surface area contributed by atoms with Crippen molar-refractivity contribution >= 4 is 29.0 Å². The van der Waals surface area contributed by atoms with E-state index in [1.807, 2.05) is 67.1 Å². The van der Waals surface area contributed by atoms with E-state index in [1.54, 1.807) is 13.1 Å². The number of amides is 1. The number of aromatic nitrogens is 1. The third-order valence-corrected chi connectivity index (χ3v) is 4.75. The van der Waals surface area contributed by atoms with E-state index in [1.165, 1.54) is 5.56 Å². The van der Waals surface area contributed by atoms with Crippen LogP contribution in [0.2, 0.25) is 0 Å². The fraction of sp³-hybridized carbons (Fsp3) is 0.261. The highest BCUT2D eigenvalue weighted by atomic mass is 16.5. The van der Waals surface area contributed by atoms with Gasteiger partial charge in [0.25, 0.3) is 0 Å². The summed E-state index contributed by atoms with van der Waals surface area (Å²) >= 11 is 0. The van der Waals surface area contributed by atoms with Crippen LogP contribution in [0.1, 0.15) is 29.2 Å². The van der Waals surface area contributed by atoms with Gasteiger partial charge in [-0.1, -0.05) is 36.4 Å². The fourth-order valence-electron chi connectivity index (χ4n) is 3.17. The largest absolute Gasteiger partial charge is 0.465 e. The van der Waals surface area contributed by atoms with Gasteiger partial charge in [-0.05, 0) is 43.5 Å². The number of ether oxygens (including phenoxy) is 1. The summed E-state index contributed by atoms with van der Waals surface area (Å²) in [7, 11) is 0. The zero-order chi connectivity index (χ0) is 20.8. The lowest BCUT2D eigenvalue weighted by molar-refractivity contribution is -0.143. The number of aryl methyl sites for hydroxylation is 2. The van der Waals surface area contributed by atoms with Crippen LogP contribution >= 0.6 is 0 Å². The molecule has 0 atom stereocenters. The topological polar surface area (TPSA) is 72.7 Å². The van der Waals surface area contributed by atoms with Crippen molar-refractivity contribution in [1.29, 1.82) is 0 Å². The quantitative estimate of drug-likeness (QED) is 0.381. The molecule has 0 fully saturated rings. The second kappa shape index (κ2) is 9.19. The first-order valence-corrected chi connectivity index (χ1v) is 9.59. The van der Waals surface area contributed by atoms with Gasteiger partial charge < -0.3 is 9.30 Å². The van der Waals surface area contributed by atoms with Crippen LogP contribution in [0.4, 0.5) is 0 Å². The Morgan fingerprint density at radius 1 is 1.14 bits per heavy atom. The van der Waals surface area contributed by atoms with Crippen LogP contribution in [0.25, 0.3) is 10.9 Å². The van der Waals surface area contributed by atoms with E-state index in [0.717, 1.165) is 27.6 Å². The van der Waals surface area contributed by atoms with Gasteiger partial charge in [0.2, 0.25) is 5.91 Å². The van der Waals surface area contributed by atoms with E-state index >= 15 is 0 Å². The summed E-state index contributed by atoms with van der Waals surface area (Å²) in [6.07, 6.45) is 3.70. The Balaban J connectivity index is 1.70. The highest BCUT2D eigenvalue weighted by molar-refractivity contribution is 6.00. The summed E-state index contributed by atoms with van der Waals surface area (Å²) in [6, 6.07) is 13.7. The summed E-state index contributed by atoms with van der Waals surface area (Å²) in [5, 5.41) is 5.05. The average Bonchev–Trinajstić information content (AvgIpc) is 3.03. The van der Waals surface area contributed by atoms with Gasteiger partial charge in [-0.2, -0.15) is 5.10 Å². The van der Waals surface area contributed by atoms with E-state index in [0.29, 0.717) is 6.61 Å². The van der Waals surface area contributed by atoms with Gasteiger partial charge in [0.15, 0.2) is 0 Å². The van der Waals surface area contributed by atoms with Crippen molar-refractivity contribution in [2.75, 3.05) is 6.61 Å². The lowest BCUT2D eigenvalue weighted by atomic mass is 10.0. The molecule has 6 heteroatoms. The molecule has 6 nitrogen and oxygen atoms in total. The smallest absolute Gasteiger partial charge is 0.325 e. The molecule has 3 rings (SSSR count). The van der Waals surface area contributed by atoms with Crippen LogP contribution in [0.5, 0.6) is 0 Å². The minimum absolute atomic E-state index is 0.126. The molecular weight excluding hydrogens is 366 g/mol. The molecule has 1 heterocycles. The highest BCUT2D eigenvalue weighted by Gasteiger charge is 2.10. The molecule has 0 aliphatic carbocycles. The van der Waals surface area contributed by atoms with E-state index in [4.69, 9.17) is 4.74 Å². The minimum atomic E-state index is -0.293. The zero-order valence-corrected chi connectivity index (χ0v) is 16.9. The van der Waals surface area contributed by atoms with Crippen molar-refractivity contribution in [1.82, 2.24) is 9.99 Å². The first kappa shape index (κ1) is 20.3. The van der Waals surface area contributed by atoms with E-state index in [-0.39, 0.29) is 24.8 Å². The summed E-state index contributed by atoms with van der Waals surface area (Å²) in [4.78, 5) is 24.0. The number of rotatable bonds is 7. The molecule has 2 aromatic carbocycles. The van der Waals surface area contributed by atoms with Crippen molar-refractivity contribution in [2.45, 2.75) is 33.7 Å². The number of para-hydroxylation sites is 1. The van der Waals surface area contributed by atoms with Crippen molar-refractivity contribution in [3.05, 3.63) is 70.9 Å². The minimum Gasteiger partial charge on any atom is -0.465 e. The number of carbonyl (C=O) groups excluding carboxylic acids is 2. The molecule has 150 valence electrons. The number of hydrazone groups is 1. The number of benzene rings is 2. The molecule has 1 aromatic heterocycles. The summed E-state index contributed by atoms with van der Waals surface area (Å²) in [6.45, 7) is 6.33. The standard InChI is InChI=1S/C23H25N3O3/c1-4-29-23(28)15-26-14-19(20-7-5-6-8-21(20)26)13-24-25-22(27)12-18-10-9-16(2)17(3)11-18/h5-11,13-14H,4,12,15H2,1-3H3,(H,25,27)/b24-13-. The molecule has 0 radical (unpaired) electrons. The molecule has 1 N–H and O–H groups in total. The van der Waals surface area contributed by atoms with Gasteiger partial charge in [0.05, 0.1) is 19.2 Å². The number of esters is 1. The first-order chi connectivity index (χ1) is 14.0. The van der Waals surface area contributed by atoms with Crippen LogP contribution in [0.3, 0.4) is 0 Å². The Kier molecular flexibility index (Phi) is 6.44. The van der Waals surface area contributed by atoms with E-state index in [9.17, 15) is 9.59 Å². The van der Waals surface area contributed by atoms with Crippen LogP contribution in [0.15, 0.2) is 53.8 Å². The fourth-order valence-corrected chi connectivity index (χ4v) is 3.17. The number of carbonyl (C=O) groups is 2. The van der Waals surface area contributed by atoms with Crippen molar-refractivity contribution < 1.29 is 14.3 Å². The third kappa shape index (κ3) is 5.10. The van der Waals surface area contributed by atoms with Gasteiger partial charge in [0, 0.05) is 22.7 Å². The van der Waals surface area contributed by atoms with Crippen molar-refractivity contribution in [3.8, 4) is 0 Å². The lowest BCUT2D eigenvalue weighted by Gasteiger charge is -2.04. The van der Waals surface area contributed by atoms with Crippen LogP contribution in [0, 0.1) is 13.8 Å². The lowest BCUT2D eigenvalue weighted by Crippen LogP contribution is -2.19. The van der Waals surface area contributed by atoms with Crippen molar-refractivity contribution in [3.63, 3.8) is 0 Å². The Morgan fingerprint density at radius 2 is 1.93 bits per heavy atom. The SMILES string of the molecule is CCOC(=O)Cn1cc(/C=N\NC(=O)Cc2ccc(C)c(C)c2)c2ccccc21. The predicted octanol–water partition coefficient (Wildman–Crippen LogP) is 3.51.